The zero-order valence-corrected chi connectivity index (χ0v) is 19.6. The van der Waals surface area contributed by atoms with E-state index in [1.807, 2.05) is 20.8 Å². The van der Waals surface area contributed by atoms with Crippen molar-refractivity contribution in [2.45, 2.75) is 84.6 Å². The van der Waals surface area contributed by atoms with E-state index in [1.54, 1.807) is 0 Å². The molecule has 0 fully saturated rings. The van der Waals surface area contributed by atoms with Crippen LogP contribution in [0.1, 0.15) is 78.6 Å². The molecule has 0 amide bonds. The third kappa shape index (κ3) is 14.1. The average Bonchev–Trinajstić information content (AvgIpc) is 2.63. The first-order valence-corrected chi connectivity index (χ1v) is 13.3. The fourth-order valence-corrected chi connectivity index (χ4v) is 5.75. The molecule has 7 heteroatoms. The molecule has 0 aliphatic rings. The molecule has 0 aromatic heterocycles. The minimum Gasteiger partial charge on any atom is -0.465 e. The highest BCUT2D eigenvalue weighted by atomic mass is 79.9. The van der Waals surface area contributed by atoms with E-state index >= 15 is 0 Å². The Morgan fingerprint density at radius 3 is 1.58 bits per heavy atom. The van der Waals surface area contributed by atoms with E-state index in [1.165, 1.54) is 38.5 Å². The smallest absolute Gasteiger partial charge is 0.465 e. The van der Waals surface area contributed by atoms with Crippen molar-refractivity contribution < 1.29 is 22.8 Å². The Kier molecular flexibility index (Phi) is 18.4. The highest BCUT2D eigenvalue weighted by Gasteiger charge is 2.39. The Morgan fingerprint density at radius 1 is 0.731 bits per heavy atom. The van der Waals surface area contributed by atoms with Crippen molar-refractivity contribution in [3.63, 3.8) is 0 Å². The molecule has 0 atom stereocenters. The summed E-state index contributed by atoms with van der Waals surface area (Å²) in [6, 6.07) is 0.926. The molecule has 26 heavy (non-hydrogen) atoms. The van der Waals surface area contributed by atoms with E-state index < -0.39 is 8.80 Å². The molecule has 0 bridgehead atoms. The number of esters is 1. The third-order valence-electron chi connectivity index (χ3n) is 4.09. The standard InChI is InChI=1S/C19H39BrO5Si/c1-4-23-26(24-5-2,25-6-3)17-15-13-11-9-7-8-10-12-14-16-22-19(21)18-20/h4-18H2,1-3H3. The number of alkyl halides is 1. The van der Waals surface area contributed by atoms with Crippen molar-refractivity contribution in [2.24, 2.45) is 0 Å². The second kappa shape index (κ2) is 18.4. The largest absolute Gasteiger partial charge is 0.500 e. The minimum atomic E-state index is -2.44. The van der Waals surface area contributed by atoms with E-state index in [-0.39, 0.29) is 11.3 Å². The second-order valence-electron chi connectivity index (χ2n) is 6.27. The lowest BCUT2D eigenvalue weighted by Crippen LogP contribution is -2.45. The van der Waals surface area contributed by atoms with Gasteiger partial charge < -0.3 is 18.0 Å². The molecule has 5 nitrogen and oxygen atoms in total. The van der Waals surface area contributed by atoms with E-state index in [9.17, 15) is 4.79 Å². The molecule has 0 heterocycles. The maximum Gasteiger partial charge on any atom is 0.500 e. The average molecular weight is 456 g/mol. The summed E-state index contributed by atoms with van der Waals surface area (Å²) >= 11 is 3.08. The van der Waals surface area contributed by atoms with Crippen LogP contribution in [0.15, 0.2) is 0 Å². The molecule has 0 saturated heterocycles. The molecule has 0 rings (SSSR count). The summed E-state index contributed by atoms with van der Waals surface area (Å²) in [4.78, 5) is 11.0. The van der Waals surface area contributed by atoms with Crippen LogP contribution >= 0.6 is 15.9 Å². The molecular formula is C19H39BrO5Si. The fraction of sp³-hybridized carbons (Fsp3) is 0.947. The van der Waals surface area contributed by atoms with Crippen molar-refractivity contribution >= 4 is 30.7 Å². The Hall–Kier alpha value is 0.0469. The summed E-state index contributed by atoms with van der Waals surface area (Å²) in [5.41, 5.74) is 0. The zero-order chi connectivity index (χ0) is 19.5. The fourth-order valence-electron chi connectivity index (χ4n) is 2.91. The maximum absolute atomic E-state index is 11.0. The predicted octanol–water partition coefficient (Wildman–Crippen LogP) is 5.48. The molecule has 0 radical (unpaired) electrons. The number of unbranched alkanes of at least 4 members (excludes halogenated alkanes) is 8. The summed E-state index contributed by atoms with van der Waals surface area (Å²) in [5, 5.41) is 0.288. The van der Waals surface area contributed by atoms with Crippen LogP contribution < -0.4 is 0 Å². The van der Waals surface area contributed by atoms with Crippen LogP contribution in [0.4, 0.5) is 0 Å². The maximum atomic E-state index is 11.0. The highest BCUT2D eigenvalue weighted by molar-refractivity contribution is 9.09. The SMILES string of the molecule is CCO[Si](CCCCCCCCCCCOC(=O)CBr)(OCC)OCC. The molecule has 0 saturated carbocycles. The number of hydrogen-bond donors (Lipinski definition) is 0. The van der Waals surface area contributed by atoms with Gasteiger partial charge in [0.15, 0.2) is 0 Å². The third-order valence-corrected chi connectivity index (χ3v) is 7.70. The van der Waals surface area contributed by atoms with Crippen LogP contribution in [0.25, 0.3) is 0 Å². The summed E-state index contributed by atoms with van der Waals surface area (Å²) in [6.45, 7) is 8.53. The summed E-state index contributed by atoms with van der Waals surface area (Å²) in [5.74, 6) is -0.171. The minimum absolute atomic E-state index is 0.171. The van der Waals surface area contributed by atoms with Crippen molar-refractivity contribution in [1.82, 2.24) is 0 Å². The van der Waals surface area contributed by atoms with Gasteiger partial charge in [-0.25, -0.2) is 0 Å². The topological polar surface area (TPSA) is 54.0 Å². The van der Waals surface area contributed by atoms with Crippen LogP contribution in [0.5, 0.6) is 0 Å². The first-order valence-electron chi connectivity index (χ1n) is 10.3. The number of ether oxygens (including phenoxy) is 1. The van der Waals surface area contributed by atoms with Crippen molar-refractivity contribution in [3.8, 4) is 0 Å². The Balaban J connectivity index is 3.59. The van der Waals surface area contributed by atoms with Crippen LogP contribution in [-0.2, 0) is 22.8 Å². The number of hydrogen-bond acceptors (Lipinski definition) is 5. The van der Waals surface area contributed by atoms with Crippen molar-refractivity contribution in [2.75, 3.05) is 31.8 Å². The Labute approximate surface area is 170 Å². The number of carbonyl (C=O) groups excluding carboxylic acids is 1. The molecule has 0 N–H and O–H groups in total. The summed E-state index contributed by atoms with van der Waals surface area (Å²) < 4.78 is 22.7. The van der Waals surface area contributed by atoms with Gasteiger partial charge in [-0.3, -0.25) is 4.79 Å². The number of carbonyl (C=O) groups is 1. The van der Waals surface area contributed by atoms with Gasteiger partial charge in [-0.2, -0.15) is 0 Å². The van der Waals surface area contributed by atoms with Crippen LogP contribution in [-0.4, -0.2) is 46.5 Å². The number of halogens is 1. The Morgan fingerprint density at radius 2 is 1.15 bits per heavy atom. The van der Waals surface area contributed by atoms with Gasteiger partial charge in [0.05, 0.1) is 6.61 Å². The summed E-state index contributed by atoms with van der Waals surface area (Å²) in [6.07, 6.45) is 10.8. The van der Waals surface area contributed by atoms with Crippen molar-refractivity contribution in [3.05, 3.63) is 0 Å². The van der Waals surface area contributed by atoms with E-state index in [0.29, 0.717) is 26.4 Å². The van der Waals surface area contributed by atoms with Gasteiger partial charge in [0.2, 0.25) is 0 Å². The molecule has 0 spiro atoms. The Bertz CT molecular complexity index is 314. The molecule has 0 aliphatic carbocycles. The van der Waals surface area contributed by atoms with Crippen LogP contribution in [0.3, 0.4) is 0 Å². The molecule has 156 valence electrons. The van der Waals surface area contributed by atoms with Crippen LogP contribution in [0, 0.1) is 0 Å². The lowest BCUT2D eigenvalue weighted by molar-refractivity contribution is -0.140. The first kappa shape index (κ1) is 26.0. The molecule has 0 aromatic rings. The number of rotatable bonds is 19. The van der Waals surface area contributed by atoms with E-state index in [4.69, 9.17) is 18.0 Å². The molecule has 0 aliphatic heterocycles. The normalized spacial score (nSPS) is 11.7. The lowest BCUT2D eigenvalue weighted by atomic mass is 10.1. The second-order valence-corrected chi connectivity index (χ2v) is 9.56. The monoisotopic (exact) mass is 454 g/mol. The zero-order valence-electron chi connectivity index (χ0n) is 17.0. The molecular weight excluding hydrogens is 416 g/mol. The first-order chi connectivity index (χ1) is 12.6. The van der Waals surface area contributed by atoms with E-state index in [0.717, 1.165) is 25.3 Å². The molecule has 0 aromatic carbocycles. The van der Waals surface area contributed by atoms with Gasteiger partial charge in [0, 0.05) is 25.9 Å². The van der Waals surface area contributed by atoms with Gasteiger partial charge in [0.25, 0.3) is 0 Å². The van der Waals surface area contributed by atoms with Gasteiger partial charge in [-0.05, 0) is 33.6 Å². The van der Waals surface area contributed by atoms with Crippen molar-refractivity contribution in [1.29, 1.82) is 0 Å². The highest BCUT2D eigenvalue weighted by Crippen LogP contribution is 2.20. The predicted molar refractivity (Wildman–Crippen MR) is 112 cm³/mol. The lowest BCUT2D eigenvalue weighted by Gasteiger charge is -2.28. The van der Waals surface area contributed by atoms with Gasteiger partial charge in [0.1, 0.15) is 5.33 Å². The van der Waals surface area contributed by atoms with Gasteiger partial charge >= 0.3 is 14.8 Å². The summed E-state index contributed by atoms with van der Waals surface area (Å²) in [7, 11) is -2.44. The quantitative estimate of drug-likeness (QED) is 0.112. The van der Waals surface area contributed by atoms with Crippen LogP contribution in [0.2, 0.25) is 6.04 Å². The molecule has 0 unspecified atom stereocenters. The van der Waals surface area contributed by atoms with Gasteiger partial charge in [-0.1, -0.05) is 60.9 Å². The van der Waals surface area contributed by atoms with E-state index in [2.05, 4.69) is 15.9 Å². The van der Waals surface area contributed by atoms with Gasteiger partial charge in [-0.15, -0.1) is 0 Å².